The normalized spacial score (nSPS) is 11.1. The summed E-state index contributed by atoms with van der Waals surface area (Å²) in [6.07, 6.45) is 0. The van der Waals surface area contributed by atoms with E-state index in [0.29, 0.717) is 34.2 Å². The predicted octanol–water partition coefficient (Wildman–Crippen LogP) is 8.91. The highest BCUT2D eigenvalue weighted by atomic mass is 16.1. The molecule has 0 N–H and O–H groups in total. The Balaban J connectivity index is 1.15. The van der Waals surface area contributed by atoms with Gasteiger partial charge >= 0.3 is 0 Å². The first-order valence-electron chi connectivity index (χ1n) is 15.4. The monoisotopic (exact) mass is 605 g/mol. The van der Waals surface area contributed by atoms with Crippen LogP contribution in [0.3, 0.4) is 0 Å². The molecule has 222 valence electrons. The first kappa shape index (κ1) is 28.0. The fourth-order valence-corrected chi connectivity index (χ4v) is 5.70. The van der Waals surface area contributed by atoms with E-state index in [2.05, 4.69) is 24.3 Å². The molecule has 6 nitrogen and oxygen atoms in total. The predicted molar refractivity (Wildman–Crippen MR) is 188 cm³/mol. The van der Waals surface area contributed by atoms with Gasteiger partial charge in [-0.2, -0.15) is 0 Å². The molecule has 0 saturated carbocycles. The first-order valence-corrected chi connectivity index (χ1v) is 15.4. The lowest BCUT2D eigenvalue weighted by molar-refractivity contribution is 0.976. The van der Waals surface area contributed by atoms with E-state index in [0.717, 1.165) is 39.1 Å². The molecule has 0 spiro atoms. The van der Waals surface area contributed by atoms with Gasteiger partial charge in [0.2, 0.25) is 0 Å². The van der Waals surface area contributed by atoms with Crippen molar-refractivity contribution in [1.29, 1.82) is 0 Å². The van der Waals surface area contributed by atoms with E-state index in [9.17, 15) is 4.79 Å². The number of benzene rings is 6. The van der Waals surface area contributed by atoms with E-state index in [4.69, 9.17) is 19.9 Å². The van der Waals surface area contributed by atoms with Gasteiger partial charge in [-0.25, -0.2) is 19.9 Å². The van der Waals surface area contributed by atoms with Gasteiger partial charge in [-0.3, -0.25) is 9.36 Å². The van der Waals surface area contributed by atoms with Crippen LogP contribution in [0.25, 0.3) is 73.3 Å². The minimum absolute atomic E-state index is 0.0966. The third-order valence-corrected chi connectivity index (χ3v) is 8.11. The van der Waals surface area contributed by atoms with Crippen LogP contribution in [0.4, 0.5) is 0 Å². The zero-order valence-corrected chi connectivity index (χ0v) is 25.2. The maximum Gasteiger partial charge on any atom is 0.266 e. The second-order valence-corrected chi connectivity index (χ2v) is 11.1. The number of nitrogens with zero attached hydrogens (tertiary/aromatic N) is 5. The van der Waals surface area contributed by atoms with Crippen LogP contribution in [0.5, 0.6) is 0 Å². The van der Waals surface area contributed by atoms with Gasteiger partial charge in [0.05, 0.1) is 16.6 Å². The van der Waals surface area contributed by atoms with Crippen molar-refractivity contribution in [3.05, 3.63) is 174 Å². The number of para-hydroxylation sites is 2. The van der Waals surface area contributed by atoms with Gasteiger partial charge in [-0.15, -0.1) is 0 Å². The molecule has 0 fully saturated rings. The van der Waals surface area contributed by atoms with Crippen molar-refractivity contribution in [2.24, 2.45) is 0 Å². The van der Waals surface area contributed by atoms with Crippen molar-refractivity contribution in [2.45, 2.75) is 0 Å². The Morgan fingerprint density at radius 2 is 0.766 bits per heavy atom. The summed E-state index contributed by atoms with van der Waals surface area (Å²) in [7, 11) is 0. The molecule has 6 aromatic carbocycles. The molecule has 0 aliphatic heterocycles. The maximum absolute atomic E-state index is 13.7. The Labute approximate surface area is 271 Å². The van der Waals surface area contributed by atoms with E-state index in [1.54, 1.807) is 4.57 Å². The van der Waals surface area contributed by atoms with Gasteiger partial charge in [0.1, 0.15) is 5.82 Å². The smallest absolute Gasteiger partial charge is 0.266 e. The highest BCUT2D eigenvalue weighted by Crippen LogP contribution is 2.29. The van der Waals surface area contributed by atoms with Crippen LogP contribution in [0.1, 0.15) is 0 Å². The Morgan fingerprint density at radius 3 is 1.30 bits per heavy atom. The molecule has 2 heterocycles. The molecule has 2 aromatic heterocycles. The number of fused-ring (bicyclic) bond motifs is 1. The van der Waals surface area contributed by atoms with Gasteiger partial charge in [-0.05, 0) is 35.4 Å². The molecule has 8 aromatic rings. The Kier molecular flexibility index (Phi) is 7.21. The van der Waals surface area contributed by atoms with E-state index in [1.807, 2.05) is 140 Å². The molecule has 0 bridgehead atoms. The van der Waals surface area contributed by atoms with Crippen molar-refractivity contribution in [2.75, 3.05) is 0 Å². The number of hydrogen-bond acceptors (Lipinski definition) is 5. The van der Waals surface area contributed by atoms with Gasteiger partial charge in [0.15, 0.2) is 17.5 Å². The van der Waals surface area contributed by atoms with E-state index >= 15 is 0 Å². The molecule has 0 aliphatic carbocycles. The van der Waals surface area contributed by atoms with Crippen LogP contribution in [0.2, 0.25) is 0 Å². The standard InChI is InChI=1S/C41H27N5O/c47-41-35-18-10-11-19-36(35)42-40(46(41)34-16-8-3-9-17-34)33-26-22-29(23-27-33)28-20-24-32(25-21-28)39-44-37(30-12-4-1-5-13-30)43-38(45-39)31-14-6-2-7-15-31/h1-27H. The summed E-state index contributed by atoms with van der Waals surface area (Å²) in [5, 5.41) is 0.585. The lowest BCUT2D eigenvalue weighted by atomic mass is 10.0. The topological polar surface area (TPSA) is 73.6 Å². The number of hydrogen-bond donors (Lipinski definition) is 0. The van der Waals surface area contributed by atoms with Gasteiger partial charge in [0.25, 0.3) is 5.56 Å². The second-order valence-electron chi connectivity index (χ2n) is 11.1. The molecule has 8 rings (SSSR count). The van der Waals surface area contributed by atoms with Crippen LogP contribution in [-0.4, -0.2) is 24.5 Å². The summed E-state index contributed by atoms with van der Waals surface area (Å²) in [6, 6.07) is 53.4. The lowest BCUT2D eigenvalue weighted by Gasteiger charge is -2.14. The summed E-state index contributed by atoms with van der Waals surface area (Å²) in [5.41, 5.74) is 7.05. The minimum Gasteiger partial charge on any atom is -0.268 e. The van der Waals surface area contributed by atoms with Crippen LogP contribution in [0.15, 0.2) is 169 Å². The average Bonchev–Trinajstić information content (AvgIpc) is 3.16. The fourth-order valence-electron chi connectivity index (χ4n) is 5.70. The number of rotatable bonds is 6. The first-order chi connectivity index (χ1) is 23.2. The largest absolute Gasteiger partial charge is 0.268 e. The summed E-state index contributed by atoms with van der Waals surface area (Å²) in [5.74, 6) is 2.47. The molecule has 0 amide bonds. The Hall–Kier alpha value is -6.53. The molecule has 0 saturated heterocycles. The molecule has 0 radical (unpaired) electrons. The third kappa shape index (κ3) is 5.49. The third-order valence-electron chi connectivity index (χ3n) is 8.11. The molecule has 0 atom stereocenters. The summed E-state index contributed by atoms with van der Waals surface area (Å²) < 4.78 is 1.69. The van der Waals surface area contributed by atoms with E-state index in [1.165, 1.54) is 0 Å². The molecule has 0 unspecified atom stereocenters. The zero-order valence-electron chi connectivity index (χ0n) is 25.2. The van der Waals surface area contributed by atoms with Gasteiger partial charge < -0.3 is 0 Å². The highest BCUT2D eigenvalue weighted by Gasteiger charge is 2.15. The minimum atomic E-state index is -0.0966. The SMILES string of the molecule is O=c1c2ccccc2nc(-c2ccc(-c3ccc(-c4nc(-c5ccccc5)nc(-c5ccccc5)n4)cc3)cc2)n1-c1ccccc1. The van der Waals surface area contributed by atoms with Gasteiger partial charge in [0, 0.05) is 22.3 Å². The van der Waals surface area contributed by atoms with Crippen molar-refractivity contribution in [3.63, 3.8) is 0 Å². The lowest BCUT2D eigenvalue weighted by Crippen LogP contribution is -2.21. The van der Waals surface area contributed by atoms with E-state index < -0.39 is 0 Å². The maximum atomic E-state index is 13.7. The molecular formula is C41H27N5O. The molecule has 0 aliphatic rings. The van der Waals surface area contributed by atoms with E-state index in [-0.39, 0.29) is 5.56 Å². The van der Waals surface area contributed by atoms with Crippen molar-refractivity contribution in [1.82, 2.24) is 24.5 Å². The zero-order chi connectivity index (χ0) is 31.6. The van der Waals surface area contributed by atoms with Gasteiger partial charge in [-0.1, -0.05) is 140 Å². The molecule has 6 heteroatoms. The van der Waals surface area contributed by atoms with Crippen molar-refractivity contribution in [3.8, 4) is 62.4 Å². The average molecular weight is 606 g/mol. The second kappa shape index (κ2) is 12.1. The highest BCUT2D eigenvalue weighted by molar-refractivity contribution is 5.81. The number of aromatic nitrogens is 5. The Morgan fingerprint density at radius 1 is 0.362 bits per heavy atom. The van der Waals surface area contributed by atoms with Crippen LogP contribution >= 0.6 is 0 Å². The Bertz CT molecular complexity index is 2330. The fraction of sp³-hybridized carbons (Fsp3) is 0. The quantitative estimate of drug-likeness (QED) is 0.189. The van der Waals surface area contributed by atoms with Crippen LogP contribution in [0, 0.1) is 0 Å². The summed E-state index contributed by atoms with van der Waals surface area (Å²) in [6.45, 7) is 0. The van der Waals surface area contributed by atoms with Crippen molar-refractivity contribution < 1.29 is 0 Å². The summed E-state index contributed by atoms with van der Waals surface area (Å²) >= 11 is 0. The van der Waals surface area contributed by atoms with Crippen LogP contribution < -0.4 is 5.56 Å². The van der Waals surface area contributed by atoms with Crippen LogP contribution in [-0.2, 0) is 0 Å². The van der Waals surface area contributed by atoms with Crippen molar-refractivity contribution >= 4 is 10.9 Å². The summed E-state index contributed by atoms with van der Waals surface area (Å²) in [4.78, 5) is 33.1. The molecule has 47 heavy (non-hydrogen) atoms. The molecular weight excluding hydrogens is 578 g/mol.